The SMILES string of the molecule is N#CCCCS(F)(F)F. The minimum absolute atomic E-state index is 0.00646. The molecule has 0 aliphatic heterocycles. The molecule has 0 heterocycles. The van der Waals surface area contributed by atoms with Crippen LogP contribution in [0.4, 0.5) is 11.7 Å². The predicted octanol–water partition coefficient (Wildman–Crippen LogP) is 2.75. The monoisotopic (exact) mass is 157 g/mol. The summed E-state index contributed by atoms with van der Waals surface area (Å²) in [6, 6.07) is 1.65. The van der Waals surface area contributed by atoms with E-state index >= 15 is 0 Å². The predicted molar refractivity (Wildman–Crippen MR) is 30.6 cm³/mol. The van der Waals surface area contributed by atoms with Crippen molar-refractivity contribution >= 4 is 11.2 Å². The third-order valence-electron chi connectivity index (χ3n) is 0.664. The van der Waals surface area contributed by atoms with Crippen molar-refractivity contribution in [1.29, 1.82) is 5.26 Å². The summed E-state index contributed by atoms with van der Waals surface area (Å²) in [5, 5.41) is 7.86. The highest BCUT2D eigenvalue weighted by Crippen LogP contribution is 2.53. The highest BCUT2D eigenvalue weighted by atomic mass is 32.3. The molecule has 0 saturated carbocycles. The van der Waals surface area contributed by atoms with Crippen LogP contribution in [0, 0.1) is 11.3 Å². The molecule has 0 N–H and O–H groups in total. The maximum absolute atomic E-state index is 11.4. The molecule has 54 valence electrons. The zero-order valence-electron chi connectivity index (χ0n) is 4.61. The molecule has 1 nitrogen and oxygen atoms in total. The van der Waals surface area contributed by atoms with Crippen molar-refractivity contribution < 1.29 is 11.7 Å². The minimum Gasteiger partial charge on any atom is -0.198 e. The largest absolute Gasteiger partial charge is 0.209 e. The zero-order valence-corrected chi connectivity index (χ0v) is 5.43. The Bertz CT molecular complexity index is 114. The highest BCUT2D eigenvalue weighted by molar-refractivity contribution is 8.20. The summed E-state index contributed by atoms with van der Waals surface area (Å²) in [6.45, 7) is 0. The van der Waals surface area contributed by atoms with Crippen molar-refractivity contribution in [2.45, 2.75) is 12.8 Å². The summed E-state index contributed by atoms with van der Waals surface area (Å²) in [7, 11) is 0. The lowest BCUT2D eigenvalue weighted by Crippen LogP contribution is -1.84. The van der Waals surface area contributed by atoms with E-state index in [1.54, 1.807) is 6.07 Å². The van der Waals surface area contributed by atoms with Gasteiger partial charge in [-0.3, -0.25) is 0 Å². The van der Waals surface area contributed by atoms with Gasteiger partial charge in [-0.1, -0.05) is 0 Å². The Labute approximate surface area is 53.7 Å². The molecule has 5 heteroatoms. The van der Waals surface area contributed by atoms with Crippen LogP contribution in [0.3, 0.4) is 0 Å². The van der Waals surface area contributed by atoms with Gasteiger partial charge in [0, 0.05) is 6.42 Å². The molecule has 0 atom stereocenters. The lowest BCUT2D eigenvalue weighted by Gasteiger charge is -2.06. The van der Waals surface area contributed by atoms with Crippen LogP contribution in [-0.4, -0.2) is 5.75 Å². The first-order valence-corrected chi connectivity index (χ1v) is 3.83. The number of unbranched alkanes of at least 4 members (excludes halogenated alkanes) is 1. The van der Waals surface area contributed by atoms with Crippen LogP contribution in [-0.2, 0) is 0 Å². The van der Waals surface area contributed by atoms with E-state index in [0.717, 1.165) is 0 Å². The third kappa shape index (κ3) is 7.63. The number of nitriles is 1. The fourth-order valence-electron chi connectivity index (χ4n) is 0.315. The molecule has 0 aromatic carbocycles. The normalized spacial score (nSPS) is 12.7. The summed E-state index contributed by atoms with van der Waals surface area (Å²) < 4.78 is 34.1. The van der Waals surface area contributed by atoms with Gasteiger partial charge in [0.05, 0.1) is 11.8 Å². The Morgan fingerprint density at radius 1 is 1.33 bits per heavy atom. The van der Waals surface area contributed by atoms with Crippen molar-refractivity contribution in [2.24, 2.45) is 0 Å². The Kier molecular flexibility index (Phi) is 3.47. The molecule has 0 radical (unpaired) electrons. The summed E-state index contributed by atoms with van der Waals surface area (Å²) in [5.74, 6) is -0.763. The zero-order chi connectivity index (χ0) is 7.33. The van der Waals surface area contributed by atoms with E-state index in [2.05, 4.69) is 0 Å². The molecule has 0 saturated heterocycles. The Balaban J connectivity index is 3.20. The number of nitrogens with zero attached hydrogens (tertiary/aromatic N) is 1. The van der Waals surface area contributed by atoms with Crippen LogP contribution in [0.2, 0.25) is 0 Å². The molecule has 0 spiro atoms. The molecular formula is C4H6F3NS. The van der Waals surface area contributed by atoms with E-state index < -0.39 is 16.9 Å². The van der Waals surface area contributed by atoms with Gasteiger partial charge in [-0.25, -0.2) is 0 Å². The second-order valence-corrected chi connectivity index (χ2v) is 2.88. The summed E-state index contributed by atoms with van der Waals surface area (Å²) >= 11 is -4.85. The third-order valence-corrected chi connectivity index (χ3v) is 1.42. The van der Waals surface area contributed by atoms with Gasteiger partial charge in [0.15, 0.2) is 0 Å². The molecular weight excluding hydrogens is 151 g/mol. The van der Waals surface area contributed by atoms with Crippen molar-refractivity contribution in [2.75, 3.05) is 5.75 Å². The van der Waals surface area contributed by atoms with Gasteiger partial charge in [0.2, 0.25) is 11.2 Å². The van der Waals surface area contributed by atoms with E-state index in [0.29, 0.717) is 0 Å². The average molecular weight is 157 g/mol. The highest BCUT2D eigenvalue weighted by Gasteiger charge is 2.18. The van der Waals surface area contributed by atoms with Crippen LogP contribution >= 0.6 is 11.2 Å². The minimum atomic E-state index is -4.85. The van der Waals surface area contributed by atoms with Crippen LogP contribution in [0.5, 0.6) is 0 Å². The smallest absolute Gasteiger partial charge is 0.198 e. The fraction of sp³-hybridized carbons (Fsp3) is 0.750. The summed E-state index contributed by atoms with van der Waals surface area (Å²) in [4.78, 5) is 0. The number of halogens is 3. The van der Waals surface area contributed by atoms with Gasteiger partial charge >= 0.3 is 0 Å². The van der Waals surface area contributed by atoms with Gasteiger partial charge in [-0.05, 0) is 6.42 Å². The molecule has 0 aromatic heterocycles. The first-order valence-electron chi connectivity index (χ1n) is 2.33. The lowest BCUT2D eigenvalue weighted by atomic mass is 10.4. The molecule has 0 amide bonds. The van der Waals surface area contributed by atoms with E-state index in [1.165, 1.54) is 0 Å². The first kappa shape index (κ1) is 8.63. The van der Waals surface area contributed by atoms with Gasteiger partial charge < -0.3 is 0 Å². The van der Waals surface area contributed by atoms with E-state index in [-0.39, 0.29) is 12.8 Å². The number of hydrogen-bond acceptors (Lipinski definition) is 1. The van der Waals surface area contributed by atoms with Gasteiger partial charge in [-0.15, -0.1) is 11.7 Å². The van der Waals surface area contributed by atoms with Crippen molar-refractivity contribution in [3.8, 4) is 6.07 Å². The maximum atomic E-state index is 11.4. The quantitative estimate of drug-likeness (QED) is 0.578. The first-order chi connectivity index (χ1) is 4.06. The molecule has 0 aliphatic rings. The summed E-state index contributed by atoms with van der Waals surface area (Å²) in [6.07, 6.45) is -0.0398. The van der Waals surface area contributed by atoms with Gasteiger partial charge in [0.1, 0.15) is 0 Å². The molecule has 0 unspecified atom stereocenters. The maximum Gasteiger partial charge on any atom is 0.209 e. The van der Waals surface area contributed by atoms with Crippen LogP contribution in [0.1, 0.15) is 12.8 Å². The molecule has 0 aliphatic carbocycles. The Morgan fingerprint density at radius 2 is 1.89 bits per heavy atom. The van der Waals surface area contributed by atoms with Crippen LogP contribution < -0.4 is 0 Å². The van der Waals surface area contributed by atoms with Crippen molar-refractivity contribution in [3.63, 3.8) is 0 Å². The standard InChI is InChI=1S/C4H6F3NS/c5-9(6,7)4-2-1-3-8/h1-2,4H2. The van der Waals surface area contributed by atoms with Crippen molar-refractivity contribution in [1.82, 2.24) is 0 Å². The van der Waals surface area contributed by atoms with Crippen LogP contribution in [0.25, 0.3) is 0 Å². The van der Waals surface area contributed by atoms with E-state index in [1.807, 2.05) is 0 Å². The van der Waals surface area contributed by atoms with Gasteiger partial charge in [-0.2, -0.15) is 5.26 Å². The van der Waals surface area contributed by atoms with Crippen molar-refractivity contribution in [3.05, 3.63) is 0 Å². The Hall–Kier alpha value is -0.370. The number of hydrogen-bond donors (Lipinski definition) is 0. The van der Waals surface area contributed by atoms with E-state index in [9.17, 15) is 11.7 Å². The molecule has 9 heavy (non-hydrogen) atoms. The lowest BCUT2D eigenvalue weighted by molar-refractivity contribution is 0.627. The topological polar surface area (TPSA) is 23.8 Å². The Morgan fingerprint density at radius 3 is 2.22 bits per heavy atom. The molecule has 0 rings (SSSR count). The molecule has 0 aromatic rings. The average Bonchev–Trinajstić information content (AvgIpc) is 1.63. The second kappa shape index (κ2) is 3.62. The van der Waals surface area contributed by atoms with E-state index in [4.69, 9.17) is 5.26 Å². The fourth-order valence-corrected chi connectivity index (χ4v) is 0.787. The second-order valence-electron chi connectivity index (χ2n) is 1.47. The molecule has 0 fully saturated rings. The molecule has 0 bridgehead atoms. The summed E-state index contributed by atoms with van der Waals surface area (Å²) in [5.41, 5.74) is 0. The van der Waals surface area contributed by atoms with Crippen LogP contribution in [0.15, 0.2) is 0 Å². The van der Waals surface area contributed by atoms with Gasteiger partial charge in [0.25, 0.3) is 0 Å². The number of rotatable bonds is 3.